The van der Waals surface area contributed by atoms with Crippen molar-refractivity contribution >= 4 is 12.0 Å². The Bertz CT molecular complexity index is 254. The average molecular weight is 176 g/mol. The fourth-order valence-electron chi connectivity index (χ4n) is 1.13. The third kappa shape index (κ3) is 2.90. The summed E-state index contributed by atoms with van der Waals surface area (Å²) in [4.78, 5) is 6.35. The van der Waals surface area contributed by atoms with Gasteiger partial charge in [0.25, 0.3) is 0 Å². The van der Waals surface area contributed by atoms with Crippen molar-refractivity contribution in [2.24, 2.45) is 4.99 Å². The van der Waals surface area contributed by atoms with Gasteiger partial charge in [-0.1, -0.05) is 18.2 Å². The molecular formula is C11H16N2. The second-order valence-corrected chi connectivity index (χ2v) is 2.74. The first kappa shape index (κ1) is 9.78. The lowest BCUT2D eigenvalue weighted by Gasteiger charge is -2.16. The van der Waals surface area contributed by atoms with Crippen LogP contribution in [0, 0.1) is 0 Å². The Balaban J connectivity index is 2.73. The smallest absolute Gasteiger partial charge is 0.0894 e. The summed E-state index contributed by atoms with van der Waals surface area (Å²) in [5, 5.41) is 0. The first-order chi connectivity index (χ1) is 6.38. The first-order valence-electron chi connectivity index (χ1n) is 4.70. The number of hydrogen-bond donors (Lipinski definition) is 0. The number of hydrogen-bond acceptors (Lipinski definition) is 1. The maximum absolute atomic E-state index is 4.22. The third-order valence-electron chi connectivity index (χ3n) is 1.83. The Labute approximate surface area is 79.9 Å². The number of aliphatic imine (C=N–C) groups is 1. The van der Waals surface area contributed by atoms with Crippen LogP contribution in [0.2, 0.25) is 0 Å². The average Bonchev–Trinajstić information content (AvgIpc) is 2.21. The fourth-order valence-corrected chi connectivity index (χ4v) is 1.13. The summed E-state index contributed by atoms with van der Waals surface area (Å²) in [6.07, 6.45) is 1.90. The zero-order chi connectivity index (χ0) is 9.52. The Morgan fingerprint density at radius 3 is 2.46 bits per heavy atom. The quantitative estimate of drug-likeness (QED) is 0.508. The Kier molecular flexibility index (Phi) is 4.03. The van der Waals surface area contributed by atoms with E-state index in [2.05, 4.69) is 28.9 Å². The minimum atomic E-state index is 0.837. The SMILES string of the molecule is CCN=CN(CC)c1ccccc1. The van der Waals surface area contributed by atoms with E-state index in [0.717, 1.165) is 13.1 Å². The minimum absolute atomic E-state index is 0.837. The molecular weight excluding hydrogens is 160 g/mol. The van der Waals surface area contributed by atoms with Crippen LogP contribution in [0.1, 0.15) is 13.8 Å². The van der Waals surface area contributed by atoms with Gasteiger partial charge in [0.2, 0.25) is 0 Å². The molecule has 0 aliphatic rings. The maximum Gasteiger partial charge on any atom is 0.0894 e. The highest BCUT2D eigenvalue weighted by Crippen LogP contribution is 2.10. The topological polar surface area (TPSA) is 15.6 Å². The number of para-hydroxylation sites is 1. The molecule has 2 nitrogen and oxygen atoms in total. The number of rotatable bonds is 4. The van der Waals surface area contributed by atoms with Gasteiger partial charge in [-0.15, -0.1) is 0 Å². The largest absolute Gasteiger partial charge is 0.333 e. The van der Waals surface area contributed by atoms with Gasteiger partial charge in [-0.2, -0.15) is 0 Å². The fraction of sp³-hybridized carbons (Fsp3) is 0.364. The number of benzene rings is 1. The Morgan fingerprint density at radius 2 is 1.92 bits per heavy atom. The molecule has 0 fully saturated rings. The van der Waals surface area contributed by atoms with Crippen molar-refractivity contribution in [2.75, 3.05) is 18.0 Å². The molecule has 1 aromatic rings. The molecule has 0 radical (unpaired) electrons. The van der Waals surface area contributed by atoms with Gasteiger partial charge in [0.05, 0.1) is 6.34 Å². The van der Waals surface area contributed by atoms with Crippen LogP contribution in [0.15, 0.2) is 35.3 Å². The summed E-state index contributed by atoms with van der Waals surface area (Å²) in [6, 6.07) is 10.3. The van der Waals surface area contributed by atoms with E-state index in [0.29, 0.717) is 0 Å². The molecule has 0 unspecified atom stereocenters. The molecule has 13 heavy (non-hydrogen) atoms. The number of nitrogens with zero attached hydrogens (tertiary/aromatic N) is 2. The molecule has 0 aliphatic carbocycles. The predicted molar refractivity (Wildman–Crippen MR) is 58.5 cm³/mol. The normalized spacial score (nSPS) is 10.6. The molecule has 0 aromatic heterocycles. The van der Waals surface area contributed by atoms with Crippen LogP contribution >= 0.6 is 0 Å². The lowest BCUT2D eigenvalue weighted by atomic mass is 10.3. The molecule has 0 saturated carbocycles. The van der Waals surface area contributed by atoms with Crippen LogP contribution in [0.25, 0.3) is 0 Å². The van der Waals surface area contributed by atoms with Crippen molar-refractivity contribution < 1.29 is 0 Å². The van der Waals surface area contributed by atoms with Gasteiger partial charge in [-0.3, -0.25) is 4.99 Å². The first-order valence-corrected chi connectivity index (χ1v) is 4.70. The molecule has 1 aromatic carbocycles. The van der Waals surface area contributed by atoms with Crippen molar-refractivity contribution in [2.45, 2.75) is 13.8 Å². The summed E-state index contributed by atoms with van der Waals surface area (Å²) in [7, 11) is 0. The molecule has 0 spiro atoms. The monoisotopic (exact) mass is 176 g/mol. The van der Waals surface area contributed by atoms with Gasteiger partial charge < -0.3 is 4.90 Å². The molecule has 1 rings (SSSR count). The van der Waals surface area contributed by atoms with E-state index in [1.54, 1.807) is 0 Å². The molecule has 0 N–H and O–H groups in total. The maximum atomic E-state index is 4.22. The van der Waals surface area contributed by atoms with Crippen LogP contribution < -0.4 is 4.90 Å². The van der Waals surface area contributed by atoms with Crippen LogP contribution in [0.4, 0.5) is 5.69 Å². The lowest BCUT2D eigenvalue weighted by Crippen LogP contribution is -2.20. The molecule has 0 amide bonds. The molecule has 0 heterocycles. The van der Waals surface area contributed by atoms with Gasteiger partial charge >= 0.3 is 0 Å². The van der Waals surface area contributed by atoms with E-state index >= 15 is 0 Å². The van der Waals surface area contributed by atoms with Crippen molar-refractivity contribution in [1.29, 1.82) is 0 Å². The van der Waals surface area contributed by atoms with Gasteiger partial charge in [0, 0.05) is 18.8 Å². The molecule has 70 valence electrons. The zero-order valence-corrected chi connectivity index (χ0v) is 8.27. The van der Waals surface area contributed by atoms with Crippen molar-refractivity contribution in [1.82, 2.24) is 0 Å². The second-order valence-electron chi connectivity index (χ2n) is 2.74. The van der Waals surface area contributed by atoms with E-state index in [1.807, 2.05) is 31.5 Å². The summed E-state index contributed by atoms with van der Waals surface area (Å²) >= 11 is 0. The molecule has 0 bridgehead atoms. The van der Waals surface area contributed by atoms with Crippen LogP contribution in [-0.2, 0) is 0 Å². The standard InChI is InChI=1S/C11H16N2/c1-3-12-10-13(4-2)11-8-6-5-7-9-11/h5-10H,3-4H2,1-2H3. The lowest BCUT2D eigenvalue weighted by molar-refractivity contribution is 1.05. The predicted octanol–water partition coefficient (Wildman–Crippen LogP) is 2.56. The highest BCUT2D eigenvalue weighted by Gasteiger charge is 1.97. The van der Waals surface area contributed by atoms with Crippen LogP contribution in [0.5, 0.6) is 0 Å². The van der Waals surface area contributed by atoms with Crippen molar-refractivity contribution in [3.05, 3.63) is 30.3 Å². The number of anilines is 1. The Morgan fingerprint density at radius 1 is 1.23 bits per heavy atom. The third-order valence-corrected chi connectivity index (χ3v) is 1.83. The van der Waals surface area contributed by atoms with Crippen molar-refractivity contribution in [3.8, 4) is 0 Å². The summed E-state index contributed by atoms with van der Waals surface area (Å²) in [5.41, 5.74) is 1.20. The van der Waals surface area contributed by atoms with E-state index in [4.69, 9.17) is 0 Å². The molecule has 0 saturated heterocycles. The highest BCUT2D eigenvalue weighted by atomic mass is 15.1. The van der Waals surface area contributed by atoms with Crippen LogP contribution in [0.3, 0.4) is 0 Å². The van der Waals surface area contributed by atoms with E-state index in [9.17, 15) is 0 Å². The molecule has 0 aliphatic heterocycles. The van der Waals surface area contributed by atoms with Gasteiger partial charge in [-0.05, 0) is 26.0 Å². The summed E-state index contributed by atoms with van der Waals surface area (Å²) in [5.74, 6) is 0. The van der Waals surface area contributed by atoms with E-state index in [1.165, 1.54) is 5.69 Å². The van der Waals surface area contributed by atoms with Gasteiger partial charge in [0.1, 0.15) is 0 Å². The second kappa shape index (κ2) is 5.36. The Hall–Kier alpha value is -1.31. The minimum Gasteiger partial charge on any atom is -0.333 e. The molecule has 0 atom stereocenters. The highest BCUT2D eigenvalue weighted by molar-refractivity contribution is 5.78. The summed E-state index contributed by atoms with van der Waals surface area (Å²) in [6.45, 7) is 5.95. The van der Waals surface area contributed by atoms with Crippen molar-refractivity contribution in [3.63, 3.8) is 0 Å². The van der Waals surface area contributed by atoms with Gasteiger partial charge in [-0.25, -0.2) is 0 Å². The van der Waals surface area contributed by atoms with E-state index < -0.39 is 0 Å². The van der Waals surface area contributed by atoms with Crippen LogP contribution in [-0.4, -0.2) is 19.4 Å². The van der Waals surface area contributed by atoms with E-state index in [-0.39, 0.29) is 0 Å². The molecule has 2 heteroatoms. The summed E-state index contributed by atoms with van der Waals surface area (Å²) < 4.78 is 0. The zero-order valence-electron chi connectivity index (χ0n) is 8.27. The van der Waals surface area contributed by atoms with Gasteiger partial charge in [0.15, 0.2) is 0 Å².